The number of halogens is 2. The van der Waals surface area contributed by atoms with Crippen molar-refractivity contribution in [1.29, 1.82) is 0 Å². The van der Waals surface area contributed by atoms with Crippen molar-refractivity contribution in [3.05, 3.63) is 52.8 Å². The third-order valence-corrected chi connectivity index (χ3v) is 9.45. The number of carbonyl (C=O) groups excluding carboxylic acids is 3. The first-order valence-electron chi connectivity index (χ1n) is 13.6. The van der Waals surface area contributed by atoms with Crippen LogP contribution in [0.3, 0.4) is 0 Å². The van der Waals surface area contributed by atoms with Gasteiger partial charge < -0.3 is 24.3 Å². The lowest BCUT2D eigenvalue weighted by Crippen LogP contribution is -2.44. The van der Waals surface area contributed by atoms with Gasteiger partial charge in [0.25, 0.3) is 0 Å². The molecule has 1 unspecified atom stereocenters. The van der Waals surface area contributed by atoms with Gasteiger partial charge in [0.05, 0.1) is 32.1 Å². The number of Topliss-reactive ketones (excluding diaryl/α,β-unsaturated/α-hetero) is 1. The molecule has 1 N–H and O–H groups in total. The number of hydrogen-bond donors (Lipinski definition) is 1. The fourth-order valence-corrected chi connectivity index (χ4v) is 6.96. The number of carbonyl (C=O) groups is 3. The molecule has 0 radical (unpaired) electrons. The number of nitrogens with one attached hydrogen (secondary N) is 1. The highest BCUT2D eigenvalue weighted by atomic mass is 79.9. The Morgan fingerprint density at radius 2 is 2.05 bits per heavy atom. The van der Waals surface area contributed by atoms with Crippen molar-refractivity contribution in [2.45, 2.75) is 39.0 Å². The van der Waals surface area contributed by atoms with E-state index in [1.807, 2.05) is 0 Å². The summed E-state index contributed by atoms with van der Waals surface area (Å²) in [5.41, 5.74) is 0.989. The summed E-state index contributed by atoms with van der Waals surface area (Å²) in [6, 6.07) is 9.23. The summed E-state index contributed by atoms with van der Waals surface area (Å²) in [5, 5.41) is 3.26. The molecule has 5 rings (SSSR count). The zero-order chi connectivity index (χ0) is 30.0. The van der Waals surface area contributed by atoms with Crippen molar-refractivity contribution in [3.63, 3.8) is 0 Å². The number of amides is 2. The number of pyridine rings is 1. The molecule has 0 saturated carbocycles. The van der Waals surface area contributed by atoms with Gasteiger partial charge in [0.1, 0.15) is 34.9 Å². The molecule has 2 fully saturated rings. The van der Waals surface area contributed by atoms with Crippen molar-refractivity contribution >= 4 is 61.0 Å². The number of rotatable bonds is 11. The van der Waals surface area contributed by atoms with Crippen LogP contribution in [0.1, 0.15) is 30.6 Å². The van der Waals surface area contributed by atoms with Gasteiger partial charge >= 0.3 is 0 Å². The molecule has 2 amide bonds. The Bertz CT molecular complexity index is 1540. The number of hydrogen-bond acceptors (Lipinski definition) is 7. The highest BCUT2D eigenvalue weighted by Crippen LogP contribution is 2.29. The van der Waals surface area contributed by atoms with Crippen LogP contribution < -0.4 is 10.1 Å². The quantitative estimate of drug-likeness (QED) is 0.245. The number of benzene rings is 1. The first-order chi connectivity index (χ1) is 20.0. The Hall–Kier alpha value is -3.16. The maximum Gasteiger partial charge on any atom is 0.248 e. The molecule has 1 aromatic carbocycles. The van der Waals surface area contributed by atoms with E-state index in [2.05, 4.69) is 33.2 Å². The predicted octanol–water partition coefficient (Wildman–Crippen LogP) is 3.74. The standard InChI is InChI=1S/C29H32BrFN4O6S/c1-18(36)22-13-34(23-7-6-20(11-21(22)23)41-8-9-42(39)17-29(2)15-40-16-29)14-27(37)35-12-19(31)10-24(35)28(38)33-26-5-3-4-25(30)32-26/h3-7,11,13,19,24H,8-10,12,14-17H2,1-2H3,(H,32,33,38)/t19-,24+,42?/m1/s1. The van der Waals surface area contributed by atoms with Gasteiger partial charge in [-0.15, -0.1) is 0 Å². The maximum absolute atomic E-state index is 14.5. The number of likely N-dealkylation sites (tertiary alicyclic amines) is 1. The van der Waals surface area contributed by atoms with Gasteiger partial charge in [-0.25, -0.2) is 9.37 Å². The molecule has 2 saturated heterocycles. The minimum absolute atomic E-state index is 0.0407. The molecule has 3 atom stereocenters. The van der Waals surface area contributed by atoms with Gasteiger partial charge in [0.2, 0.25) is 11.8 Å². The summed E-state index contributed by atoms with van der Waals surface area (Å²) in [6.07, 6.45) is 0.136. The van der Waals surface area contributed by atoms with Crippen LogP contribution in [0.4, 0.5) is 10.2 Å². The lowest BCUT2D eigenvalue weighted by Gasteiger charge is -2.37. The number of ketones is 1. The van der Waals surface area contributed by atoms with Crippen LogP contribution in [0.15, 0.2) is 47.2 Å². The van der Waals surface area contributed by atoms with E-state index in [1.165, 1.54) is 11.8 Å². The zero-order valence-corrected chi connectivity index (χ0v) is 25.7. The number of ether oxygens (including phenoxy) is 2. The summed E-state index contributed by atoms with van der Waals surface area (Å²) < 4.78 is 40.1. The first kappa shape index (κ1) is 30.3. The van der Waals surface area contributed by atoms with Crippen molar-refractivity contribution in [2.75, 3.05) is 43.2 Å². The summed E-state index contributed by atoms with van der Waals surface area (Å²) in [6.45, 7) is 4.59. The van der Waals surface area contributed by atoms with E-state index in [1.54, 1.807) is 47.2 Å². The van der Waals surface area contributed by atoms with E-state index < -0.39 is 34.8 Å². The lowest BCUT2D eigenvalue weighted by molar-refractivity contribution is -0.137. The SMILES string of the molecule is CC(=O)c1cn(CC(=O)N2C[C@H](F)C[C@H]2C(=O)Nc2cccc(Br)n2)c2ccc(OCCS(=O)CC3(C)COC3)cc12. The minimum Gasteiger partial charge on any atom is -0.493 e. The van der Waals surface area contributed by atoms with Gasteiger partial charge in [-0.3, -0.25) is 18.6 Å². The highest BCUT2D eigenvalue weighted by molar-refractivity contribution is 9.10. The van der Waals surface area contributed by atoms with E-state index in [-0.39, 0.29) is 43.1 Å². The van der Waals surface area contributed by atoms with Gasteiger partial charge in [-0.05, 0) is 53.2 Å². The third-order valence-electron chi connectivity index (χ3n) is 7.37. The van der Waals surface area contributed by atoms with Crippen LogP contribution in [-0.2, 0) is 31.7 Å². The van der Waals surface area contributed by atoms with Gasteiger partial charge in [-0.1, -0.05) is 13.0 Å². The van der Waals surface area contributed by atoms with Gasteiger partial charge in [-0.2, -0.15) is 0 Å². The summed E-state index contributed by atoms with van der Waals surface area (Å²) in [5.74, 6) is 0.584. The third kappa shape index (κ3) is 6.90. The van der Waals surface area contributed by atoms with Crippen molar-refractivity contribution in [2.24, 2.45) is 5.41 Å². The molecule has 224 valence electrons. The predicted molar refractivity (Wildman–Crippen MR) is 160 cm³/mol. The molecule has 2 aliphatic rings. The molecule has 0 bridgehead atoms. The molecule has 2 aromatic heterocycles. The van der Waals surface area contributed by atoms with Crippen molar-refractivity contribution in [1.82, 2.24) is 14.5 Å². The summed E-state index contributed by atoms with van der Waals surface area (Å²) >= 11 is 3.25. The Morgan fingerprint density at radius 3 is 2.74 bits per heavy atom. The summed E-state index contributed by atoms with van der Waals surface area (Å²) in [4.78, 5) is 44.2. The van der Waals surface area contributed by atoms with Crippen LogP contribution >= 0.6 is 15.9 Å². The normalized spacial score (nSPS) is 20.2. The molecule has 3 aromatic rings. The second-order valence-electron chi connectivity index (χ2n) is 11.1. The van der Waals surface area contributed by atoms with E-state index in [4.69, 9.17) is 9.47 Å². The fourth-order valence-electron chi connectivity index (χ4n) is 5.26. The van der Waals surface area contributed by atoms with E-state index in [0.717, 1.165) is 0 Å². The number of anilines is 1. The topological polar surface area (TPSA) is 120 Å². The molecular weight excluding hydrogens is 631 g/mol. The highest BCUT2D eigenvalue weighted by Gasteiger charge is 2.40. The Labute approximate surface area is 253 Å². The molecule has 0 aliphatic carbocycles. The number of alkyl halides is 1. The van der Waals surface area contributed by atoms with Gasteiger partial charge in [0, 0.05) is 51.1 Å². The van der Waals surface area contributed by atoms with Crippen molar-refractivity contribution < 1.29 is 32.5 Å². The van der Waals surface area contributed by atoms with E-state index in [9.17, 15) is 23.0 Å². The number of fused-ring (bicyclic) bond motifs is 1. The summed E-state index contributed by atoms with van der Waals surface area (Å²) in [7, 11) is -1.04. The Kier molecular flexibility index (Phi) is 9.09. The second-order valence-corrected chi connectivity index (χ2v) is 13.5. The lowest BCUT2D eigenvalue weighted by atomic mass is 9.92. The number of aromatic nitrogens is 2. The van der Waals surface area contributed by atoms with Crippen LogP contribution in [0.5, 0.6) is 5.75 Å². The average Bonchev–Trinajstić information content (AvgIpc) is 3.48. The van der Waals surface area contributed by atoms with Crippen LogP contribution in [0, 0.1) is 5.41 Å². The van der Waals surface area contributed by atoms with E-state index >= 15 is 0 Å². The fraction of sp³-hybridized carbons (Fsp3) is 0.448. The molecular formula is C29H32BrFN4O6S. The Balaban J connectivity index is 1.27. The smallest absolute Gasteiger partial charge is 0.248 e. The second kappa shape index (κ2) is 12.6. The van der Waals surface area contributed by atoms with Crippen LogP contribution in [-0.4, -0.2) is 86.3 Å². The molecule has 10 nitrogen and oxygen atoms in total. The maximum atomic E-state index is 14.5. The van der Waals surface area contributed by atoms with Crippen LogP contribution in [0.25, 0.3) is 10.9 Å². The largest absolute Gasteiger partial charge is 0.493 e. The van der Waals surface area contributed by atoms with Crippen LogP contribution in [0.2, 0.25) is 0 Å². The minimum atomic E-state index is -1.34. The molecule has 42 heavy (non-hydrogen) atoms. The van der Waals surface area contributed by atoms with E-state index in [0.29, 0.717) is 51.5 Å². The zero-order valence-electron chi connectivity index (χ0n) is 23.3. The first-order valence-corrected chi connectivity index (χ1v) is 15.9. The average molecular weight is 664 g/mol. The molecule has 4 heterocycles. The van der Waals surface area contributed by atoms with Crippen molar-refractivity contribution in [3.8, 4) is 5.75 Å². The molecule has 0 spiro atoms. The number of nitrogens with zero attached hydrogens (tertiary/aromatic N) is 3. The monoisotopic (exact) mass is 662 g/mol. The molecule has 2 aliphatic heterocycles. The Morgan fingerprint density at radius 1 is 1.26 bits per heavy atom. The van der Waals surface area contributed by atoms with Gasteiger partial charge in [0.15, 0.2) is 5.78 Å². The molecule has 13 heteroatoms.